The summed E-state index contributed by atoms with van der Waals surface area (Å²) >= 11 is 0. The maximum absolute atomic E-state index is 13.3. The Morgan fingerprint density at radius 3 is 2.40 bits per heavy atom. The molecular formula is C10H12F3NO. The Morgan fingerprint density at radius 1 is 1.27 bits per heavy atom. The second-order valence-corrected chi connectivity index (χ2v) is 3.54. The van der Waals surface area contributed by atoms with E-state index in [2.05, 4.69) is 0 Å². The number of rotatable bonds is 3. The first kappa shape index (κ1) is 12.0. The average molecular weight is 219 g/mol. The fourth-order valence-electron chi connectivity index (χ4n) is 1.36. The molecule has 0 bridgehead atoms. The SMILES string of the molecule is CC(O)(CCN)c1ccc(F)c(F)c1F. The number of hydrogen-bond acceptors (Lipinski definition) is 2. The molecule has 1 rings (SSSR count). The van der Waals surface area contributed by atoms with Crippen LogP contribution in [0.15, 0.2) is 12.1 Å². The van der Waals surface area contributed by atoms with E-state index in [1.165, 1.54) is 6.92 Å². The van der Waals surface area contributed by atoms with Crippen LogP contribution in [0.25, 0.3) is 0 Å². The molecule has 0 aliphatic rings. The normalized spacial score (nSPS) is 15.1. The van der Waals surface area contributed by atoms with Gasteiger partial charge in [0.1, 0.15) is 0 Å². The van der Waals surface area contributed by atoms with Crippen molar-refractivity contribution in [2.75, 3.05) is 6.54 Å². The molecule has 0 fully saturated rings. The molecule has 0 aliphatic carbocycles. The molecule has 1 atom stereocenters. The van der Waals surface area contributed by atoms with Crippen molar-refractivity contribution in [1.82, 2.24) is 0 Å². The monoisotopic (exact) mass is 219 g/mol. The van der Waals surface area contributed by atoms with Crippen molar-refractivity contribution >= 4 is 0 Å². The third-order valence-corrected chi connectivity index (χ3v) is 2.25. The van der Waals surface area contributed by atoms with Gasteiger partial charge >= 0.3 is 0 Å². The molecule has 0 saturated carbocycles. The van der Waals surface area contributed by atoms with Gasteiger partial charge in [-0.25, -0.2) is 13.2 Å². The van der Waals surface area contributed by atoms with Crippen LogP contribution in [-0.4, -0.2) is 11.7 Å². The molecule has 1 unspecified atom stereocenters. The minimum absolute atomic E-state index is 0.0645. The van der Waals surface area contributed by atoms with Gasteiger partial charge in [-0.3, -0.25) is 0 Å². The Balaban J connectivity index is 3.21. The molecule has 2 nitrogen and oxygen atoms in total. The largest absolute Gasteiger partial charge is 0.385 e. The Kier molecular flexibility index (Phi) is 3.36. The van der Waals surface area contributed by atoms with Crippen LogP contribution in [0.3, 0.4) is 0 Å². The molecule has 0 aliphatic heterocycles. The summed E-state index contributed by atoms with van der Waals surface area (Å²) in [7, 11) is 0. The van der Waals surface area contributed by atoms with Crippen LogP contribution in [0.2, 0.25) is 0 Å². The highest BCUT2D eigenvalue weighted by Gasteiger charge is 2.28. The van der Waals surface area contributed by atoms with Crippen molar-refractivity contribution in [3.05, 3.63) is 35.1 Å². The van der Waals surface area contributed by atoms with Crippen molar-refractivity contribution in [3.8, 4) is 0 Å². The van der Waals surface area contributed by atoms with Gasteiger partial charge in [0.15, 0.2) is 17.5 Å². The Labute approximate surface area is 85.5 Å². The van der Waals surface area contributed by atoms with E-state index >= 15 is 0 Å². The fourth-order valence-corrected chi connectivity index (χ4v) is 1.36. The summed E-state index contributed by atoms with van der Waals surface area (Å²) in [4.78, 5) is 0. The van der Waals surface area contributed by atoms with E-state index in [0.29, 0.717) is 0 Å². The van der Waals surface area contributed by atoms with Gasteiger partial charge in [-0.1, -0.05) is 6.07 Å². The van der Waals surface area contributed by atoms with Crippen LogP contribution in [-0.2, 0) is 5.60 Å². The van der Waals surface area contributed by atoms with Crippen molar-refractivity contribution < 1.29 is 18.3 Å². The third kappa shape index (κ3) is 2.30. The molecule has 0 heterocycles. The highest BCUT2D eigenvalue weighted by Crippen LogP contribution is 2.28. The Bertz CT molecular complexity index is 366. The lowest BCUT2D eigenvalue weighted by Gasteiger charge is -2.23. The molecule has 0 saturated heterocycles. The van der Waals surface area contributed by atoms with E-state index in [1.807, 2.05) is 0 Å². The van der Waals surface area contributed by atoms with Gasteiger partial charge in [-0.05, 0) is 26.0 Å². The van der Waals surface area contributed by atoms with Gasteiger partial charge < -0.3 is 10.8 Å². The topological polar surface area (TPSA) is 46.2 Å². The first-order valence-corrected chi connectivity index (χ1v) is 4.46. The summed E-state index contributed by atoms with van der Waals surface area (Å²) in [6.07, 6.45) is 0.0645. The number of hydrogen-bond donors (Lipinski definition) is 2. The van der Waals surface area contributed by atoms with Gasteiger partial charge in [0.25, 0.3) is 0 Å². The molecule has 3 N–H and O–H groups in total. The molecule has 0 spiro atoms. The van der Waals surface area contributed by atoms with Crippen molar-refractivity contribution in [3.63, 3.8) is 0 Å². The number of benzene rings is 1. The third-order valence-electron chi connectivity index (χ3n) is 2.25. The van der Waals surface area contributed by atoms with Gasteiger partial charge in [-0.2, -0.15) is 0 Å². The smallest absolute Gasteiger partial charge is 0.194 e. The van der Waals surface area contributed by atoms with Crippen molar-refractivity contribution in [2.45, 2.75) is 18.9 Å². The predicted molar refractivity (Wildman–Crippen MR) is 49.6 cm³/mol. The van der Waals surface area contributed by atoms with Crippen molar-refractivity contribution in [2.24, 2.45) is 5.73 Å². The van der Waals surface area contributed by atoms with E-state index in [4.69, 9.17) is 5.73 Å². The second-order valence-electron chi connectivity index (χ2n) is 3.54. The number of nitrogens with two attached hydrogens (primary N) is 1. The van der Waals surface area contributed by atoms with E-state index in [-0.39, 0.29) is 18.5 Å². The van der Waals surface area contributed by atoms with Crippen LogP contribution in [0.1, 0.15) is 18.9 Å². The highest BCUT2D eigenvalue weighted by atomic mass is 19.2. The lowest BCUT2D eigenvalue weighted by molar-refractivity contribution is 0.0457. The molecule has 0 amide bonds. The van der Waals surface area contributed by atoms with Gasteiger partial charge in [-0.15, -0.1) is 0 Å². The zero-order chi connectivity index (χ0) is 11.6. The summed E-state index contributed by atoms with van der Waals surface area (Å²) in [6, 6.07) is 1.79. The van der Waals surface area contributed by atoms with E-state index < -0.39 is 23.1 Å². The van der Waals surface area contributed by atoms with Crippen LogP contribution in [0.5, 0.6) is 0 Å². The summed E-state index contributed by atoms with van der Waals surface area (Å²) in [5, 5.41) is 9.77. The lowest BCUT2D eigenvalue weighted by atomic mass is 9.92. The fraction of sp³-hybridized carbons (Fsp3) is 0.400. The molecule has 84 valence electrons. The van der Waals surface area contributed by atoms with Gasteiger partial charge in [0, 0.05) is 5.56 Å². The molecular weight excluding hydrogens is 207 g/mol. The highest BCUT2D eigenvalue weighted by molar-refractivity contribution is 5.25. The molecule has 1 aromatic rings. The maximum atomic E-state index is 13.3. The minimum atomic E-state index is -1.59. The first-order valence-electron chi connectivity index (χ1n) is 4.46. The lowest BCUT2D eigenvalue weighted by Crippen LogP contribution is -2.26. The summed E-state index contributed by atoms with van der Waals surface area (Å²) in [5.74, 6) is -4.22. The van der Waals surface area contributed by atoms with Gasteiger partial charge in [0.05, 0.1) is 5.60 Å². The molecule has 1 aromatic carbocycles. The van der Waals surface area contributed by atoms with Crippen LogP contribution in [0, 0.1) is 17.5 Å². The second kappa shape index (κ2) is 4.20. The molecule has 0 radical (unpaired) electrons. The first-order chi connectivity index (χ1) is 6.90. The van der Waals surface area contributed by atoms with Crippen LogP contribution < -0.4 is 5.73 Å². The number of halogens is 3. The summed E-state index contributed by atoms with van der Waals surface area (Å²) in [5.41, 5.74) is 3.34. The molecule has 15 heavy (non-hydrogen) atoms. The Morgan fingerprint density at radius 2 is 1.87 bits per heavy atom. The average Bonchev–Trinajstić information content (AvgIpc) is 2.13. The van der Waals surface area contributed by atoms with E-state index in [0.717, 1.165) is 12.1 Å². The molecule has 0 aromatic heterocycles. The molecule has 5 heteroatoms. The van der Waals surface area contributed by atoms with Gasteiger partial charge in [0.2, 0.25) is 0 Å². The zero-order valence-corrected chi connectivity index (χ0v) is 8.23. The summed E-state index contributed by atoms with van der Waals surface area (Å²) < 4.78 is 38.7. The maximum Gasteiger partial charge on any atom is 0.194 e. The van der Waals surface area contributed by atoms with E-state index in [1.54, 1.807) is 0 Å². The number of aliphatic hydroxyl groups is 1. The quantitative estimate of drug-likeness (QED) is 0.759. The predicted octanol–water partition coefficient (Wildman–Crippen LogP) is 1.66. The standard InChI is InChI=1S/C10H12F3NO/c1-10(15,4-5-14)6-2-3-7(11)9(13)8(6)12/h2-3,15H,4-5,14H2,1H3. The summed E-state index contributed by atoms with van der Waals surface area (Å²) in [6.45, 7) is 1.42. The van der Waals surface area contributed by atoms with Crippen LogP contribution in [0.4, 0.5) is 13.2 Å². The zero-order valence-electron chi connectivity index (χ0n) is 8.23. The van der Waals surface area contributed by atoms with Crippen LogP contribution >= 0.6 is 0 Å². The Hall–Kier alpha value is -1.07. The minimum Gasteiger partial charge on any atom is -0.385 e. The van der Waals surface area contributed by atoms with Crippen molar-refractivity contribution in [1.29, 1.82) is 0 Å². The van der Waals surface area contributed by atoms with E-state index in [9.17, 15) is 18.3 Å².